The first-order valence-corrected chi connectivity index (χ1v) is 7.00. The molecule has 0 radical (unpaired) electrons. The number of carbonyl (C=O) groups is 1. The fourth-order valence-electron chi connectivity index (χ4n) is 2.49. The van der Waals surface area contributed by atoms with Crippen molar-refractivity contribution in [1.82, 2.24) is 14.9 Å². The number of carboxylic acid groups (broad SMARTS) is 1. The van der Waals surface area contributed by atoms with Crippen molar-refractivity contribution in [3.8, 4) is 11.4 Å². The maximum Gasteiger partial charge on any atom is 0.407 e. The maximum absolute atomic E-state index is 14.4. The minimum Gasteiger partial charge on any atom is -0.465 e. The Morgan fingerprint density at radius 3 is 2.39 bits per heavy atom. The molecule has 0 saturated carbocycles. The van der Waals surface area contributed by atoms with Gasteiger partial charge in [0.2, 0.25) is 0 Å². The molecule has 5 nitrogen and oxygen atoms in total. The quantitative estimate of drug-likeness (QED) is 0.924. The van der Waals surface area contributed by atoms with Crippen molar-refractivity contribution in [2.75, 3.05) is 13.1 Å². The van der Waals surface area contributed by atoms with Gasteiger partial charge in [0.15, 0.2) is 5.82 Å². The van der Waals surface area contributed by atoms with Gasteiger partial charge in [0, 0.05) is 31.0 Å². The molecule has 0 atom stereocenters. The lowest BCUT2D eigenvalue weighted by Crippen LogP contribution is -2.33. The summed E-state index contributed by atoms with van der Waals surface area (Å²) in [6.45, 7) is 0.418. The minimum atomic E-state index is -1.02. The van der Waals surface area contributed by atoms with Crippen LogP contribution >= 0.6 is 0 Å². The van der Waals surface area contributed by atoms with Crippen LogP contribution in [0.4, 0.5) is 13.6 Å². The Morgan fingerprint density at radius 1 is 1.13 bits per heavy atom. The van der Waals surface area contributed by atoms with Crippen LogP contribution in [0.1, 0.15) is 12.0 Å². The van der Waals surface area contributed by atoms with Crippen molar-refractivity contribution in [1.29, 1.82) is 0 Å². The monoisotopic (exact) mass is 317 g/mol. The van der Waals surface area contributed by atoms with Crippen LogP contribution < -0.4 is 0 Å². The molecule has 7 heteroatoms. The molecule has 1 N–H and O–H groups in total. The summed E-state index contributed by atoms with van der Waals surface area (Å²) in [6, 6.07) is 3.78. The lowest BCUT2D eigenvalue weighted by molar-refractivity contribution is 0.150. The Morgan fingerprint density at radius 2 is 1.78 bits per heavy atom. The van der Waals surface area contributed by atoms with Gasteiger partial charge in [-0.25, -0.2) is 23.5 Å². The van der Waals surface area contributed by atoms with E-state index in [1.807, 2.05) is 0 Å². The molecule has 3 rings (SSSR count). The van der Waals surface area contributed by atoms with E-state index in [0.717, 1.165) is 12.1 Å². The predicted octanol–water partition coefficient (Wildman–Crippen LogP) is 3.19. The number of amides is 1. The van der Waals surface area contributed by atoms with Crippen LogP contribution in [0.5, 0.6) is 0 Å². The average molecular weight is 317 g/mol. The lowest BCUT2D eigenvalue weighted by Gasteiger charge is -2.24. The van der Waals surface area contributed by atoms with Gasteiger partial charge in [-0.2, -0.15) is 0 Å². The third-order valence-electron chi connectivity index (χ3n) is 3.69. The van der Waals surface area contributed by atoms with Gasteiger partial charge in [0.05, 0.1) is 5.56 Å². The Kier molecular flexibility index (Phi) is 4.01. The molecule has 1 aromatic carbocycles. The number of aromatic nitrogens is 2. The highest BCUT2D eigenvalue weighted by atomic mass is 19.1. The molecular formula is C16H13F2N3O2. The van der Waals surface area contributed by atoms with E-state index in [1.165, 1.54) is 17.3 Å². The van der Waals surface area contributed by atoms with Gasteiger partial charge in [-0.15, -0.1) is 0 Å². The zero-order valence-corrected chi connectivity index (χ0v) is 12.0. The first kappa shape index (κ1) is 15.1. The van der Waals surface area contributed by atoms with Gasteiger partial charge >= 0.3 is 6.09 Å². The fourth-order valence-corrected chi connectivity index (χ4v) is 2.49. The van der Waals surface area contributed by atoms with E-state index in [0.29, 0.717) is 12.0 Å². The van der Waals surface area contributed by atoms with Gasteiger partial charge in [0.1, 0.15) is 11.6 Å². The zero-order valence-electron chi connectivity index (χ0n) is 12.0. The summed E-state index contributed by atoms with van der Waals surface area (Å²) in [5.41, 5.74) is 0.738. The van der Waals surface area contributed by atoms with Crippen molar-refractivity contribution >= 4 is 11.7 Å². The fraction of sp³-hybridized carbons (Fsp3) is 0.188. The summed E-state index contributed by atoms with van der Waals surface area (Å²) < 4.78 is 28.7. The van der Waals surface area contributed by atoms with Crippen LogP contribution in [0.15, 0.2) is 36.7 Å². The summed E-state index contributed by atoms with van der Waals surface area (Å²) in [7, 11) is 0. The average Bonchev–Trinajstić information content (AvgIpc) is 2.57. The van der Waals surface area contributed by atoms with E-state index in [-0.39, 0.29) is 30.0 Å². The molecule has 0 aliphatic carbocycles. The summed E-state index contributed by atoms with van der Waals surface area (Å²) in [5.74, 6) is -1.08. The predicted molar refractivity (Wildman–Crippen MR) is 79.6 cm³/mol. The number of rotatable bonds is 2. The lowest BCUT2D eigenvalue weighted by atomic mass is 9.97. The first-order valence-electron chi connectivity index (χ1n) is 7.00. The van der Waals surface area contributed by atoms with Gasteiger partial charge in [-0.3, -0.25) is 0 Å². The summed E-state index contributed by atoms with van der Waals surface area (Å²) in [5, 5.41) is 8.90. The van der Waals surface area contributed by atoms with Crippen LogP contribution in [0.25, 0.3) is 17.0 Å². The Balaban J connectivity index is 1.94. The molecule has 2 aromatic rings. The largest absolute Gasteiger partial charge is 0.465 e. The Hall–Kier alpha value is -2.83. The van der Waals surface area contributed by atoms with E-state index in [9.17, 15) is 13.6 Å². The minimum absolute atomic E-state index is 0.00424. The smallest absolute Gasteiger partial charge is 0.407 e. The Labute approximate surface area is 130 Å². The Bertz CT molecular complexity index is 778. The SMILES string of the molecule is O=C(O)N1CC=C(c2cc(F)c(-c3ncccn3)cc2F)CC1. The number of hydrogen-bond donors (Lipinski definition) is 1. The molecular weight excluding hydrogens is 304 g/mol. The van der Waals surface area contributed by atoms with Crippen molar-refractivity contribution in [2.45, 2.75) is 6.42 Å². The second-order valence-electron chi connectivity index (χ2n) is 5.09. The number of hydrogen-bond acceptors (Lipinski definition) is 3. The third-order valence-corrected chi connectivity index (χ3v) is 3.69. The second kappa shape index (κ2) is 6.12. The number of halogens is 2. The van der Waals surface area contributed by atoms with E-state index in [4.69, 9.17) is 5.11 Å². The van der Waals surface area contributed by atoms with E-state index in [1.54, 1.807) is 12.1 Å². The van der Waals surface area contributed by atoms with Crippen LogP contribution in [0, 0.1) is 11.6 Å². The summed E-state index contributed by atoms with van der Waals surface area (Å²) in [4.78, 5) is 19.9. The highest BCUT2D eigenvalue weighted by Gasteiger charge is 2.20. The van der Waals surface area contributed by atoms with Gasteiger partial charge in [-0.1, -0.05) is 6.08 Å². The number of benzene rings is 1. The molecule has 1 aliphatic heterocycles. The zero-order chi connectivity index (χ0) is 16.4. The van der Waals surface area contributed by atoms with Gasteiger partial charge in [-0.05, 0) is 30.2 Å². The van der Waals surface area contributed by atoms with Crippen LogP contribution in [-0.4, -0.2) is 39.2 Å². The highest BCUT2D eigenvalue weighted by molar-refractivity contribution is 5.73. The van der Waals surface area contributed by atoms with Crippen molar-refractivity contribution in [3.63, 3.8) is 0 Å². The normalized spacial score (nSPS) is 14.5. The molecule has 1 aromatic heterocycles. The van der Waals surface area contributed by atoms with Gasteiger partial charge < -0.3 is 10.0 Å². The van der Waals surface area contributed by atoms with Crippen molar-refractivity contribution in [3.05, 3.63) is 53.9 Å². The molecule has 0 unspecified atom stereocenters. The first-order chi connectivity index (χ1) is 11.1. The molecule has 0 spiro atoms. The van der Waals surface area contributed by atoms with Crippen molar-refractivity contribution < 1.29 is 18.7 Å². The number of nitrogens with zero attached hydrogens (tertiary/aromatic N) is 3. The van der Waals surface area contributed by atoms with Crippen LogP contribution in [0.3, 0.4) is 0 Å². The molecule has 1 amide bonds. The molecule has 1 aliphatic rings. The van der Waals surface area contributed by atoms with Gasteiger partial charge in [0.25, 0.3) is 0 Å². The maximum atomic E-state index is 14.4. The summed E-state index contributed by atoms with van der Waals surface area (Å²) >= 11 is 0. The highest BCUT2D eigenvalue weighted by Crippen LogP contribution is 2.29. The molecule has 2 heterocycles. The molecule has 0 saturated heterocycles. The molecule has 0 fully saturated rings. The third kappa shape index (κ3) is 3.03. The van der Waals surface area contributed by atoms with Crippen LogP contribution in [0.2, 0.25) is 0 Å². The topological polar surface area (TPSA) is 66.3 Å². The van der Waals surface area contributed by atoms with Crippen LogP contribution in [-0.2, 0) is 0 Å². The second-order valence-corrected chi connectivity index (χ2v) is 5.09. The van der Waals surface area contributed by atoms with E-state index >= 15 is 0 Å². The standard InChI is InChI=1S/C16H13F2N3O2/c17-13-9-12(15-19-4-1-5-20-15)14(18)8-11(13)10-2-6-21(7-3-10)16(22)23/h1-2,4-5,8-9H,3,6-7H2,(H,22,23). The summed E-state index contributed by atoms with van der Waals surface area (Å²) in [6.07, 6.45) is 3.83. The van der Waals surface area contributed by atoms with Crippen molar-refractivity contribution in [2.24, 2.45) is 0 Å². The van der Waals surface area contributed by atoms with E-state index in [2.05, 4.69) is 9.97 Å². The molecule has 0 bridgehead atoms. The molecule has 23 heavy (non-hydrogen) atoms. The van der Waals surface area contributed by atoms with E-state index < -0.39 is 17.7 Å². The molecule has 118 valence electrons.